The lowest BCUT2D eigenvalue weighted by Gasteiger charge is -2.37. The van der Waals surface area contributed by atoms with E-state index in [-0.39, 0.29) is 31.7 Å². The molecule has 0 aromatic heterocycles. The van der Waals surface area contributed by atoms with E-state index in [1.165, 1.54) is 38.6 Å². The summed E-state index contributed by atoms with van der Waals surface area (Å²) in [5, 5.41) is 17.3. The minimum Gasteiger partial charge on any atom is -0.460 e. The standard InChI is InChI=1S/C39H70F2N6O8/c1-8-9-10-11-12-13-14-15-16-31(55-32(49)23-44-35(51)25(4)27(6)48)26(5)38(54)47(7)30(21-24(2)3)36(52)46-33(28-17-19-39(40,41)20-18-28)37(53)45-29(22-42)34(43)50/h24-31,33,48H,8-23,42H2,1-7H3,(H2,43,50)(H,44,51)(H,45,53)(H,46,52)/t25-,26+,27-,29-,30-,31+,33-/m0/s1. The molecule has 14 nitrogen and oxygen atoms in total. The van der Waals surface area contributed by atoms with Gasteiger partial charge in [-0.25, -0.2) is 8.78 Å². The highest BCUT2D eigenvalue weighted by Crippen LogP contribution is 2.37. The Kier molecular flexibility index (Phi) is 22.5. The first-order chi connectivity index (χ1) is 25.8. The molecule has 0 radical (unpaired) electrons. The van der Waals surface area contributed by atoms with Crippen molar-refractivity contribution in [3.05, 3.63) is 0 Å². The first-order valence-corrected chi connectivity index (χ1v) is 20.2. The normalized spacial score (nSPS) is 18.2. The number of carbonyl (C=O) groups is 6. The molecule has 0 saturated heterocycles. The zero-order valence-electron chi connectivity index (χ0n) is 34.2. The number of alkyl halides is 2. The summed E-state index contributed by atoms with van der Waals surface area (Å²) in [6.07, 6.45) is 5.82. The van der Waals surface area contributed by atoms with Crippen molar-refractivity contribution in [2.45, 2.75) is 168 Å². The Hall–Kier alpha value is -3.40. The third kappa shape index (κ3) is 17.9. The van der Waals surface area contributed by atoms with Crippen molar-refractivity contribution in [3.63, 3.8) is 0 Å². The van der Waals surface area contributed by atoms with E-state index in [1.807, 2.05) is 13.8 Å². The molecule has 0 aliphatic heterocycles. The number of primary amides is 1. The Morgan fingerprint density at radius 1 is 0.855 bits per heavy atom. The van der Waals surface area contributed by atoms with Gasteiger partial charge >= 0.3 is 5.97 Å². The van der Waals surface area contributed by atoms with Gasteiger partial charge in [0.2, 0.25) is 35.5 Å². The number of aliphatic hydroxyl groups excluding tert-OH is 1. The van der Waals surface area contributed by atoms with Crippen LogP contribution in [0.3, 0.4) is 0 Å². The van der Waals surface area contributed by atoms with Crippen molar-refractivity contribution in [1.82, 2.24) is 20.9 Å². The van der Waals surface area contributed by atoms with E-state index in [1.54, 1.807) is 6.92 Å². The maximum absolute atomic E-state index is 14.1. The van der Waals surface area contributed by atoms with Crippen LogP contribution in [0.2, 0.25) is 0 Å². The molecule has 1 aliphatic rings. The second kappa shape index (κ2) is 25.0. The number of hydrogen-bond acceptors (Lipinski definition) is 9. The number of rotatable bonds is 26. The number of unbranched alkanes of at least 4 members (excludes halogenated alkanes) is 7. The lowest BCUT2D eigenvalue weighted by molar-refractivity contribution is -0.158. The number of nitrogens with one attached hydrogen (secondary N) is 3. The van der Waals surface area contributed by atoms with Crippen LogP contribution in [-0.2, 0) is 33.5 Å². The van der Waals surface area contributed by atoms with E-state index in [4.69, 9.17) is 16.2 Å². The summed E-state index contributed by atoms with van der Waals surface area (Å²) in [6, 6.07) is -3.66. The third-order valence-electron chi connectivity index (χ3n) is 10.6. The highest BCUT2D eigenvalue weighted by Gasteiger charge is 2.42. The number of likely N-dealkylation sites (N-methyl/N-ethyl adjacent to an activating group) is 1. The monoisotopic (exact) mass is 789 g/mol. The number of nitrogens with two attached hydrogens (primary N) is 2. The maximum Gasteiger partial charge on any atom is 0.325 e. The van der Waals surface area contributed by atoms with Crippen molar-refractivity contribution in [3.8, 4) is 0 Å². The molecule has 7 atom stereocenters. The Labute approximate surface area is 326 Å². The van der Waals surface area contributed by atoms with Crippen molar-refractivity contribution in [2.24, 2.45) is 35.1 Å². The van der Waals surface area contributed by atoms with Gasteiger partial charge in [0.1, 0.15) is 30.8 Å². The summed E-state index contributed by atoms with van der Waals surface area (Å²) in [6.45, 7) is 9.69. The predicted octanol–water partition coefficient (Wildman–Crippen LogP) is 3.31. The van der Waals surface area contributed by atoms with Crippen LogP contribution in [0.25, 0.3) is 0 Å². The van der Waals surface area contributed by atoms with Crippen LogP contribution < -0.4 is 27.4 Å². The highest BCUT2D eigenvalue weighted by molar-refractivity contribution is 5.94. The molecule has 55 heavy (non-hydrogen) atoms. The van der Waals surface area contributed by atoms with Gasteiger partial charge in [-0.2, -0.15) is 0 Å². The zero-order valence-corrected chi connectivity index (χ0v) is 34.2. The van der Waals surface area contributed by atoms with Crippen molar-refractivity contribution < 1.29 is 47.4 Å². The lowest BCUT2D eigenvalue weighted by atomic mass is 9.81. The van der Waals surface area contributed by atoms with Gasteiger partial charge in [-0.15, -0.1) is 0 Å². The van der Waals surface area contributed by atoms with Crippen molar-refractivity contribution in [2.75, 3.05) is 20.1 Å². The molecular formula is C39H70F2N6O8. The molecule has 8 N–H and O–H groups in total. The van der Waals surface area contributed by atoms with Gasteiger partial charge in [0.25, 0.3) is 0 Å². The molecule has 318 valence electrons. The molecule has 0 unspecified atom stereocenters. The van der Waals surface area contributed by atoms with Crippen molar-refractivity contribution in [1.29, 1.82) is 0 Å². The van der Waals surface area contributed by atoms with E-state index in [2.05, 4.69) is 22.9 Å². The number of amides is 5. The molecule has 1 aliphatic carbocycles. The summed E-state index contributed by atoms with van der Waals surface area (Å²) >= 11 is 0. The number of halogens is 2. The Balaban J connectivity index is 3.26. The minimum atomic E-state index is -2.91. The molecule has 5 amide bonds. The van der Waals surface area contributed by atoms with Crippen LogP contribution in [0.4, 0.5) is 8.78 Å². The smallest absolute Gasteiger partial charge is 0.325 e. The molecule has 1 fully saturated rings. The first-order valence-electron chi connectivity index (χ1n) is 20.2. The minimum absolute atomic E-state index is 0.0694. The Morgan fingerprint density at radius 2 is 1.42 bits per heavy atom. The van der Waals surface area contributed by atoms with Gasteiger partial charge in [-0.3, -0.25) is 28.8 Å². The second-order valence-corrected chi connectivity index (χ2v) is 15.8. The number of ether oxygens (including phenoxy) is 1. The topological polar surface area (TPSA) is 223 Å². The zero-order chi connectivity index (χ0) is 41.9. The lowest BCUT2D eigenvalue weighted by Crippen LogP contribution is -2.60. The van der Waals surface area contributed by atoms with Crippen LogP contribution >= 0.6 is 0 Å². The number of esters is 1. The highest BCUT2D eigenvalue weighted by atomic mass is 19.3. The van der Waals surface area contributed by atoms with Crippen LogP contribution in [0.5, 0.6) is 0 Å². The van der Waals surface area contributed by atoms with E-state index < -0.39 is 109 Å². The van der Waals surface area contributed by atoms with E-state index >= 15 is 0 Å². The Morgan fingerprint density at radius 3 is 1.93 bits per heavy atom. The largest absolute Gasteiger partial charge is 0.460 e. The third-order valence-corrected chi connectivity index (χ3v) is 10.6. The number of hydrogen-bond donors (Lipinski definition) is 6. The summed E-state index contributed by atoms with van der Waals surface area (Å²) in [5.74, 6) is -9.53. The number of aliphatic hydroxyl groups is 1. The molecule has 1 rings (SSSR count). The predicted molar refractivity (Wildman–Crippen MR) is 205 cm³/mol. The van der Waals surface area contributed by atoms with Gasteiger partial charge in [0.15, 0.2) is 0 Å². The van der Waals surface area contributed by atoms with E-state index in [9.17, 15) is 42.7 Å². The fraction of sp³-hybridized carbons (Fsp3) is 0.846. The second-order valence-electron chi connectivity index (χ2n) is 15.8. The van der Waals surface area contributed by atoms with Gasteiger partial charge in [-0.05, 0) is 50.9 Å². The average Bonchev–Trinajstić information content (AvgIpc) is 3.12. The van der Waals surface area contributed by atoms with E-state index in [0.717, 1.165) is 32.1 Å². The average molecular weight is 789 g/mol. The van der Waals surface area contributed by atoms with Gasteiger partial charge < -0.3 is 42.2 Å². The van der Waals surface area contributed by atoms with Crippen LogP contribution in [0.1, 0.15) is 131 Å². The van der Waals surface area contributed by atoms with Gasteiger partial charge in [0, 0.05) is 26.4 Å². The maximum atomic E-state index is 14.1. The molecule has 0 spiro atoms. The number of carbonyl (C=O) groups excluding carboxylic acids is 6. The summed E-state index contributed by atoms with van der Waals surface area (Å²) in [4.78, 5) is 80.1. The van der Waals surface area contributed by atoms with Gasteiger partial charge in [0.05, 0.1) is 17.9 Å². The molecule has 0 aromatic carbocycles. The fourth-order valence-corrected chi connectivity index (χ4v) is 6.71. The molecule has 1 saturated carbocycles. The summed E-state index contributed by atoms with van der Waals surface area (Å²) in [5.41, 5.74) is 11.0. The summed E-state index contributed by atoms with van der Waals surface area (Å²) < 4.78 is 34.0. The van der Waals surface area contributed by atoms with Crippen LogP contribution in [0.15, 0.2) is 0 Å². The molecule has 16 heteroatoms. The number of nitrogens with zero attached hydrogens (tertiary/aromatic N) is 1. The SMILES string of the molecule is CCCCCCCCCC[C@@H](OC(=O)CNC(=O)[C@@H](C)[C@H](C)O)[C@@H](C)C(=O)N(C)[C@@H](CC(C)C)C(=O)N[C@H](C(=O)N[C@@H](CN)C(N)=O)C1CCC(F)(F)CC1. The first kappa shape index (κ1) is 49.6. The molecule has 0 aromatic rings. The molecular weight excluding hydrogens is 718 g/mol. The summed E-state index contributed by atoms with van der Waals surface area (Å²) in [7, 11) is 1.45. The Bertz CT molecular complexity index is 1230. The quantitative estimate of drug-likeness (QED) is 0.0558. The van der Waals surface area contributed by atoms with Crippen LogP contribution in [0, 0.1) is 23.7 Å². The molecule has 0 heterocycles. The van der Waals surface area contributed by atoms with Crippen molar-refractivity contribution >= 4 is 35.5 Å². The van der Waals surface area contributed by atoms with E-state index in [0.29, 0.717) is 12.8 Å². The van der Waals surface area contributed by atoms with Crippen LogP contribution in [-0.4, -0.2) is 102 Å². The van der Waals surface area contributed by atoms with Gasteiger partial charge in [-0.1, -0.05) is 79.6 Å². The molecule has 0 bridgehead atoms. The fourth-order valence-electron chi connectivity index (χ4n) is 6.71.